The topological polar surface area (TPSA) is 51.1 Å². The molecular formula is C19H18F2N4. The second kappa shape index (κ2) is 6.01. The highest BCUT2D eigenvalue weighted by Gasteiger charge is 2.39. The van der Waals surface area contributed by atoms with Gasteiger partial charge in [0.15, 0.2) is 11.6 Å². The number of anilines is 3. The maximum atomic E-state index is 14.0. The third-order valence-electron chi connectivity index (χ3n) is 5.19. The SMILES string of the molecule is CN1c2c(C#N)cc(Nc3cccc(F)c3F)cc2[C@@H]2CNCC[C@@H]21. The van der Waals surface area contributed by atoms with Crippen LogP contribution in [-0.2, 0) is 0 Å². The number of fused-ring (bicyclic) bond motifs is 3. The van der Waals surface area contributed by atoms with Crippen molar-refractivity contribution in [3.8, 4) is 6.07 Å². The van der Waals surface area contributed by atoms with Crippen LogP contribution in [0.5, 0.6) is 0 Å². The maximum Gasteiger partial charge on any atom is 0.182 e. The Labute approximate surface area is 145 Å². The fraction of sp³-hybridized carbons (Fsp3) is 0.316. The molecule has 2 aromatic carbocycles. The van der Waals surface area contributed by atoms with Crippen LogP contribution in [0.15, 0.2) is 30.3 Å². The predicted molar refractivity (Wildman–Crippen MR) is 93.2 cm³/mol. The minimum atomic E-state index is -0.921. The van der Waals surface area contributed by atoms with E-state index in [4.69, 9.17) is 0 Å². The van der Waals surface area contributed by atoms with Crippen molar-refractivity contribution >= 4 is 17.1 Å². The van der Waals surface area contributed by atoms with Gasteiger partial charge in [0.2, 0.25) is 0 Å². The molecule has 4 rings (SSSR count). The number of piperidine rings is 1. The van der Waals surface area contributed by atoms with Crippen molar-refractivity contribution in [1.82, 2.24) is 5.32 Å². The zero-order valence-corrected chi connectivity index (χ0v) is 13.8. The molecule has 1 saturated heterocycles. The van der Waals surface area contributed by atoms with Crippen LogP contribution in [0.3, 0.4) is 0 Å². The van der Waals surface area contributed by atoms with E-state index in [9.17, 15) is 14.0 Å². The second-order valence-electron chi connectivity index (χ2n) is 6.58. The molecule has 0 spiro atoms. The molecule has 2 N–H and O–H groups in total. The summed E-state index contributed by atoms with van der Waals surface area (Å²) in [5.74, 6) is -1.53. The van der Waals surface area contributed by atoms with Crippen LogP contribution < -0.4 is 15.5 Å². The van der Waals surface area contributed by atoms with E-state index in [0.717, 1.165) is 36.8 Å². The summed E-state index contributed by atoms with van der Waals surface area (Å²) in [5.41, 5.74) is 3.24. The van der Waals surface area contributed by atoms with E-state index in [-0.39, 0.29) is 5.69 Å². The average Bonchev–Trinajstić information content (AvgIpc) is 2.91. The van der Waals surface area contributed by atoms with Gasteiger partial charge >= 0.3 is 0 Å². The number of hydrogen-bond acceptors (Lipinski definition) is 4. The highest BCUT2D eigenvalue weighted by Crippen LogP contribution is 2.45. The van der Waals surface area contributed by atoms with Gasteiger partial charge in [-0.1, -0.05) is 6.07 Å². The Balaban J connectivity index is 1.77. The second-order valence-corrected chi connectivity index (χ2v) is 6.58. The van der Waals surface area contributed by atoms with E-state index < -0.39 is 11.6 Å². The van der Waals surface area contributed by atoms with Crippen LogP contribution in [0.4, 0.5) is 25.8 Å². The lowest BCUT2D eigenvalue weighted by Crippen LogP contribution is -2.42. The van der Waals surface area contributed by atoms with E-state index in [1.165, 1.54) is 12.1 Å². The quantitative estimate of drug-likeness (QED) is 0.879. The molecule has 128 valence electrons. The first-order valence-electron chi connectivity index (χ1n) is 8.32. The molecule has 0 bridgehead atoms. The van der Waals surface area contributed by atoms with Gasteiger partial charge in [-0.2, -0.15) is 5.26 Å². The molecule has 0 saturated carbocycles. The molecule has 2 aliphatic rings. The van der Waals surface area contributed by atoms with Crippen LogP contribution in [-0.4, -0.2) is 26.2 Å². The van der Waals surface area contributed by atoms with Crippen LogP contribution in [0.2, 0.25) is 0 Å². The van der Waals surface area contributed by atoms with E-state index >= 15 is 0 Å². The van der Waals surface area contributed by atoms with Crippen molar-refractivity contribution in [3.63, 3.8) is 0 Å². The number of nitrogens with one attached hydrogen (secondary N) is 2. The van der Waals surface area contributed by atoms with E-state index in [2.05, 4.69) is 21.6 Å². The molecule has 6 heteroatoms. The summed E-state index contributed by atoms with van der Waals surface area (Å²) in [6, 6.07) is 10.3. The first-order chi connectivity index (χ1) is 12.1. The van der Waals surface area contributed by atoms with Crippen molar-refractivity contribution in [3.05, 3.63) is 53.1 Å². The summed E-state index contributed by atoms with van der Waals surface area (Å²) in [5, 5.41) is 15.9. The Kier molecular flexibility index (Phi) is 3.81. The molecule has 4 nitrogen and oxygen atoms in total. The first-order valence-corrected chi connectivity index (χ1v) is 8.32. The monoisotopic (exact) mass is 340 g/mol. The van der Waals surface area contributed by atoms with E-state index in [0.29, 0.717) is 23.2 Å². The molecule has 1 fully saturated rings. The first kappa shape index (κ1) is 15.9. The van der Waals surface area contributed by atoms with Gasteiger partial charge in [-0.15, -0.1) is 0 Å². The Morgan fingerprint density at radius 3 is 2.96 bits per heavy atom. The molecule has 0 aromatic heterocycles. The molecule has 0 amide bonds. The average molecular weight is 340 g/mol. The highest BCUT2D eigenvalue weighted by molar-refractivity contribution is 5.76. The fourth-order valence-corrected chi connectivity index (χ4v) is 4.04. The Bertz CT molecular complexity index is 874. The van der Waals surface area contributed by atoms with Crippen LogP contribution >= 0.6 is 0 Å². The minimum Gasteiger partial charge on any atom is -0.370 e. The van der Waals surface area contributed by atoms with Crippen LogP contribution in [0, 0.1) is 23.0 Å². The Morgan fingerprint density at radius 2 is 2.16 bits per heavy atom. The van der Waals surface area contributed by atoms with Gasteiger partial charge in [-0.25, -0.2) is 8.78 Å². The fourth-order valence-electron chi connectivity index (χ4n) is 4.04. The lowest BCUT2D eigenvalue weighted by Gasteiger charge is -2.31. The number of benzene rings is 2. The van der Waals surface area contributed by atoms with Crippen LogP contribution in [0.25, 0.3) is 0 Å². The molecule has 2 aliphatic heterocycles. The summed E-state index contributed by atoms with van der Waals surface area (Å²) in [6.45, 7) is 1.81. The summed E-state index contributed by atoms with van der Waals surface area (Å²) in [6.07, 6.45) is 1.02. The van der Waals surface area contributed by atoms with Crippen molar-refractivity contribution in [2.45, 2.75) is 18.4 Å². The number of hydrogen-bond donors (Lipinski definition) is 2. The summed E-state index contributed by atoms with van der Waals surface area (Å²) in [7, 11) is 2.02. The van der Waals surface area contributed by atoms with Gasteiger partial charge < -0.3 is 15.5 Å². The summed E-state index contributed by atoms with van der Waals surface area (Å²) < 4.78 is 27.4. The number of halogens is 2. The molecular weight excluding hydrogens is 322 g/mol. The molecule has 2 heterocycles. The lowest BCUT2D eigenvalue weighted by atomic mass is 9.89. The standard InChI is InChI=1S/C19H18F2N4/c1-25-17-5-6-23-10-14(17)13-8-12(7-11(9-22)19(13)25)24-16-4-2-3-15(20)18(16)21/h2-4,7-8,14,17,23-24H,5-6,10H2,1H3/t14-,17-/m0/s1. The van der Waals surface area contributed by atoms with E-state index in [1.807, 2.05) is 13.1 Å². The Hall–Kier alpha value is -2.65. The maximum absolute atomic E-state index is 14.0. The smallest absolute Gasteiger partial charge is 0.182 e. The van der Waals surface area contributed by atoms with Gasteiger partial charge in [0.25, 0.3) is 0 Å². The molecule has 0 radical (unpaired) electrons. The summed E-state index contributed by atoms with van der Waals surface area (Å²) in [4.78, 5) is 2.19. The molecule has 2 atom stereocenters. The number of rotatable bonds is 2. The molecule has 25 heavy (non-hydrogen) atoms. The third-order valence-corrected chi connectivity index (χ3v) is 5.19. The Morgan fingerprint density at radius 1 is 1.32 bits per heavy atom. The zero-order valence-electron chi connectivity index (χ0n) is 13.8. The van der Waals surface area contributed by atoms with E-state index in [1.54, 1.807) is 6.07 Å². The predicted octanol–water partition coefficient (Wildman–Crippen LogP) is 3.48. The van der Waals surface area contributed by atoms with Gasteiger partial charge in [0.1, 0.15) is 6.07 Å². The zero-order chi connectivity index (χ0) is 17.6. The highest BCUT2D eigenvalue weighted by atomic mass is 19.2. The summed E-state index contributed by atoms with van der Waals surface area (Å²) >= 11 is 0. The minimum absolute atomic E-state index is 0.0634. The van der Waals surface area contributed by atoms with Gasteiger partial charge in [0.05, 0.1) is 16.9 Å². The van der Waals surface area contributed by atoms with Gasteiger partial charge in [0, 0.05) is 31.2 Å². The third kappa shape index (κ3) is 2.52. The van der Waals surface area contributed by atoms with Crippen molar-refractivity contribution in [2.75, 3.05) is 30.4 Å². The number of nitriles is 1. The lowest BCUT2D eigenvalue weighted by molar-refractivity contribution is 0.413. The van der Waals surface area contributed by atoms with Crippen LogP contribution in [0.1, 0.15) is 23.5 Å². The molecule has 0 unspecified atom stereocenters. The van der Waals surface area contributed by atoms with Crippen molar-refractivity contribution in [2.24, 2.45) is 0 Å². The van der Waals surface area contributed by atoms with Gasteiger partial charge in [-0.05, 0) is 42.8 Å². The normalized spacial score (nSPS) is 21.4. The number of nitrogens with zero attached hydrogens (tertiary/aromatic N) is 2. The molecule has 2 aromatic rings. The van der Waals surface area contributed by atoms with Crippen molar-refractivity contribution in [1.29, 1.82) is 5.26 Å². The van der Waals surface area contributed by atoms with Crippen molar-refractivity contribution < 1.29 is 8.78 Å². The van der Waals surface area contributed by atoms with Gasteiger partial charge in [-0.3, -0.25) is 0 Å². The number of likely N-dealkylation sites (N-methyl/N-ethyl adjacent to an activating group) is 1. The largest absolute Gasteiger partial charge is 0.370 e. The molecule has 0 aliphatic carbocycles.